The lowest BCUT2D eigenvalue weighted by Gasteiger charge is -2.26. The summed E-state index contributed by atoms with van der Waals surface area (Å²) >= 11 is 0. The fourth-order valence-corrected chi connectivity index (χ4v) is 1.91. The summed E-state index contributed by atoms with van der Waals surface area (Å²) in [5.74, 6) is -0.236. The van der Waals surface area contributed by atoms with Crippen molar-refractivity contribution in [3.8, 4) is 0 Å². The van der Waals surface area contributed by atoms with Crippen molar-refractivity contribution >= 4 is 11.9 Å². The highest BCUT2D eigenvalue weighted by molar-refractivity contribution is 5.80. The summed E-state index contributed by atoms with van der Waals surface area (Å²) in [5.41, 5.74) is 0. The van der Waals surface area contributed by atoms with Gasteiger partial charge in [0.25, 0.3) is 0 Å². The van der Waals surface area contributed by atoms with Crippen molar-refractivity contribution in [1.82, 2.24) is 10.2 Å². The maximum Gasteiger partial charge on any atom is 0.323 e. The summed E-state index contributed by atoms with van der Waals surface area (Å²) in [6, 6.07) is -0.288. The van der Waals surface area contributed by atoms with E-state index >= 15 is 0 Å². The molecule has 1 N–H and O–H groups in total. The zero-order valence-corrected chi connectivity index (χ0v) is 9.99. The molecule has 1 unspecified atom stereocenters. The first-order chi connectivity index (χ1) is 7.69. The number of hydrogen-bond donors (Lipinski definition) is 1. The quantitative estimate of drug-likeness (QED) is 0.696. The molecule has 1 aliphatic heterocycles. The molecule has 0 aromatic heterocycles. The Kier molecular flexibility index (Phi) is 5.25. The first-order valence-electron chi connectivity index (χ1n) is 5.86. The topological polar surface area (TPSA) is 58.6 Å². The average molecular weight is 228 g/mol. The van der Waals surface area contributed by atoms with Crippen LogP contribution >= 0.6 is 0 Å². The molecule has 1 heterocycles. The van der Waals surface area contributed by atoms with E-state index in [-0.39, 0.29) is 24.5 Å². The standard InChI is InChI=1S/C11H20N2O3/c1-3-9(11(15)16-4-2)13-7-5-6-12-10(14)8-13/h9H,3-8H2,1-2H3,(H,12,14). The van der Waals surface area contributed by atoms with Gasteiger partial charge >= 0.3 is 5.97 Å². The fraction of sp³-hybridized carbons (Fsp3) is 0.818. The molecule has 1 fully saturated rings. The van der Waals surface area contributed by atoms with Crippen LogP contribution in [-0.2, 0) is 14.3 Å². The van der Waals surface area contributed by atoms with Crippen LogP contribution < -0.4 is 5.32 Å². The van der Waals surface area contributed by atoms with Crippen LogP contribution in [0, 0.1) is 0 Å². The van der Waals surface area contributed by atoms with Crippen molar-refractivity contribution < 1.29 is 14.3 Å². The van der Waals surface area contributed by atoms with E-state index in [2.05, 4.69) is 5.32 Å². The van der Waals surface area contributed by atoms with E-state index in [1.54, 1.807) is 6.92 Å². The number of nitrogens with one attached hydrogen (secondary N) is 1. The monoisotopic (exact) mass is 228 g/mol. The molecule has 5 nitrogen and oxygen atoms in total. The molecule has 0 saturated carbocycles. The van der Waals surface area contributed by atoms with Crippen LogP contribution in [0.1, 0.15) is 26.7 Å². The summed E-state index contributed by atoms with van der Waals surface area (Å²) < 4.78 is 5.01. The van der Waals surface area contributed by atoms with Crippen LogP contribution in [0.25, 0.3) is 0 Å². The minimum absolute atomic E-state index is 0.0137. The Morgan fingerprint density at radius 3 is 2.94 bits per heavy atom. The van der Waals surface area contributed by atoms with Crippen LogP contribution in [0.3, 0.4) is 0 Å². The van der Waals surface area contributed by atoms with Crippen molar-refractivity contribution in [2.75, 3.05) is 26.2 Å². The maximum atomic E-state index is 11.7. The lowest BCUT2D eigenvalue weighted by molar-refractivity contribution is -0.150. The Labute approximate surface area is 96.1 Å². The minimum Gasteiger partial charge on any atom is -0.465 e. The summed E-state index contributed by atoms with van der Waals surface area (Å²) in [6.07, 6.45) is 1.55. The van der Waals surface area contributed by atoms with Crippen LogP contribution in [0.4, 0.5) is 0 Å². The number of carbonyl (C=O) groups is 2. The third kappa shape index (κ3) is 3.48. The van der Waals surface area contributed by atoms with Crippen LogP contribution in [0.5, 0.6) is 0 Å². The molecule has 92 valence electrons. The largest absolute Gasteiger partial charge is 0.465 e. The van der Waals surface area contributed by atoms with Gasteiger partial charge in [-0.05, 0) is 19.8 Å². The Morgan fingerprint density at radius 2 is 2.31 bits per heavy atom. The Balaban J connectivity index is 2.62. The van der Waals surface area contributed by atoms with E-state index in [9.17, 15) is 9.59 Å². The number of hydrogen-bond acceptors (Lipinski definition) is 4. The first-order valence-corrected chi connectivity index (χ1v) is 5.86. The molecule has 0 spiro atoms. The fourth-order valence-electron chi connectivity index (χ4n) is 1.91. The molecular formula is C11H20N2O3. The SMILES string of the molecule is CCOC(=O)C(CC)N1CCCNC(=O)C1. The van der Waals surface area contributed by atoms with Gasteiger partial charge in [-0.3, -0.25) is 14.5 Å². The molecule has 1 saturated heterocycles. The van der Waals surface area contributed by atoms with E-state index in [1.165, 1.54) is 0 Å². The molecule has 1 aliphatic rings. The zero-order valence-electron chi connectivity index (χ0n) is 9.99. The second-order valence-electron chi connectivity index (χ2n) is 3.85. The van der Waals surface area contributed by atoms with Gasteiger partial charge in [-0.15, -0.1) is 0 Å². The molecular weight excluding hydrogens is 208 g/mol. The Morgan fingerprint density at radius 1 is 1.56 bits per heavy atom. The molecule has 0 aliphatic carbocycles. The number of esters is 1. The van der Waals surface area contributed by atoms with Gasteiger partial charge < -0.3 is 10.1 Å². The van der Waals surface area contributed by atoms with Crippen LogP contribution in [0.2, 0.25) is 0 Å². The minimum atomic E-state index is -0.288. The number of nitrogens with zero attached hydrogens (tertiary/aromatic N) is 1. The van der Waals surface area contributed by atoms with Gasteiger partial charge in [0.05, 0.1) is 13.2 Å². The van der Waals surface area contributed by atoms with Gasteiger partial charge in [-0.1, -0.05) is 6.92 Å². The van der Waals surface area contributed by atoms with Gasteiger partial charge in [0, 0.05) is 13.1 Å². The lowest BCUT2D eigenvalue weighted by Crippen LogP contribution is -2.45. The second kappa shape index (κ2) is 6.48. The molecule has 0 radical (unpaired) electrons. The predicted molar refractivity (Wildman–Crippen MR) is 59.9 cm³/mol. The Hall–Kier alpha value is -1.10. The highest BCUT2D eigenvalue weighted by Gasteiger charge is 2.27. The third-order valence-electron chi connectivity index (χ3n) is 2.68. The average Bonchev–Trinajstić information content (AvgIpc) is 2.45. The predicted octanol–water partition coefficient (Wildman–Crippen LogP) is 0.150. The number of rotatable bonds is 4. The van der Waals surface area contributed by atoms with E-state index in [0.717, 1.165) is 13.0 Å². The third-order valence-corrected chi connectivity index (χ3v) is 2.68. The number of ether oxygens (including phenoxy) is 1. The van der Waals surface area contributed by atoms with E-state index in [4.69, 9.17) is 4.74 Å². The molecule has 0 aromatic rings. The van der Waals surface area contributed by atoms with Crippen LogP contribution in [-0.4, -0.2) is 49.1 Å². The van der Waals surface area contributed by atoms with Crippen molar-refractivity contribution in [1.29, 1.82) is 0 Å². The summed E-state index contributed by atoms with van der Waals surface area (Å²) in [5, 5.41) is 2.79. The van der Waals surface area contributed by atoms with Gasteiger partial charge in [0.1, 0.15) is 6.04 Å². The van der Waals surface area contributed by atoms with Crippen molar-refractivity contribution in [3.63, 3.8) is 0 Å². The second-order valence-corrected chi connectivity index (χ2v) is 3.85. The van der Waals surface area contributed by atoms with Gasteiger partial charge in [-0.25, -0.2) is 0 Å². The van der Waals surface area contributed by atoms with Crippen molar-refractivity contribution in [2.45, 2.75) is 32.7 Å². The molecule has 0 bridgehead atoms. The molecule has 16 heavy (non-hydrogen) atoms. The first kappa shape index (κ1) is 13.0. The van der Waals surface area contributed by atoms with Crippen molar-refractivity contribution in [3.05, 3.63) is 0 Å². The van der Waals surface area contributed by atoms with E-state index in [0.29, 0.717) is 19.6 Å². The summed E-state index contributed by atoms with van der Waals surface area (Å²) in [4.78, 5) is 25.0. The molecule has 1 atom stereocenters. The van der Waals surface area contributed by atoms with Gasteiger partial charge in [0.2, 0.25) is 5.91 Å². The normalized spacial score (nSPS) is 19.8. The van der Waals surface area contributed by atoms with E-state index < -0.39 is 0 Å². The lowest BCUT2D eigenvalue weighted by atomic mass is 10.2. The smallest absolute Gasteiger partial charge is 0.323 e. The molecule has 1 rings (SSSR count). The molecule has 0 aromatic carbocycles. The molecule has 5 heteroatoms. The number of amides is 1. The highest BCUT2D eigenvalue weighted by Crippen LogP contribution is 2.09. The highest BCUT2D eigenvalue weighted by atomic mass is 16.5. The number of carbonyl (C=O) groups excluding carboxylic acids is 2. The maximum absolute atomic E-state index is 11.7. The molecule has 1 amide bonds. The van der Waals surface area contributed by atoms with Crippen molar-refractivity contribution in [2.24, 2.45) is 0 Å². The Bertz CT molecular complexity index is 256. The van der Waals surface area contributed by atoms with Gasteiger partial charge in [0.15, 0.2) is 0 Å². The van der Waals surface area contributed by atoms with Crippen LogP contribution in [0.15, 0.2) is 0 Å². The summed E-state index contributed by atoms with van der Waals surface area (Å²) in [7, 11) is 0. The zero-order chi connectivity index (χ0) is 12.0. The van der Waals surface area contributed by atoms with E-state index in [1.807, 2.05) is 11.8 Å². The summed E-state index contributed by atoms with van der Waals surface area (Å²) in [6.45, 7) is 5.85. The van der Waals surface area contributed by atoms with Gasteiger partial charge in [-0.2, -0.15) is 0 Å².